The predicted octanol–water partition coefficient (Wildman–Crippen LogP) is 3.61. The summed E-state index contributed by atoms with van der Waals surface area (Å²) in [5.74, 6) is -0.0432. The zero-order chi connectivity index (χ0) is 24.1. The molecule has 0 unspecified atom stereocenters. The molecule has 0 saturated heterocycles. The number of amides is 1. The molecule has 1 aromatic heterocycles. The number of benzene rings is 2. The normalized spacial score (nSPS) is 10.9. The Morgan fingerprint density at radius 3 is 2.52 bits per heavy atom. The smallest absolute Gasteiger partial charge is 0.273 e. The molecule has 0 bridgehead atoms. The van der Waals surface area contributed by atoms with E-state index in [1.54, 1.807) is 10.6 Å². The molecular weight excluding hydrogens is 430 g/mol. The van der Waals surface area contributed by atoms with Crippen molar-refractivity contribution in [2.24, 2.45) is 5.10 Å². The van der Waals surface area contributed by atoms with E-state index in [4.69, 9.17) is 4.74 Å². The summed E-state index contributed by atoms with van der Waals surface area (Å²) in [6.07, 6.45) is 1.25. The number of rotatable bonds is 8. The van der Waals surface area contributed by atoms with Gasteiger partial charge in [-0.3, -0.25) is 25.0 Å². The zero-order valence-corrected chi connectivity index (χ0v) is 18.1. The van der Waals surface area contributed by atoms with Crippen molar-refractivity contribution < 1.29 is 19.4 Å². The van der Waals surface area contributed by atoms with Gasteiger partial charge in [-0.05, 0) is 26.0 Å². The Morgan fingerprint density at radius 1 is 1.12 bits per heavy atom. The Labute approximate surface area is 188 Å². The van der Waals surface area contributed by atoms with E-state index in [0.29, 0.717) is 17.0 Å². The molecular formula is C22H21N5O6. The standard InChI is InChI=1S/C22H21N5O6/c1-14-10-17(13-23-24-22(28)11-16-6-4-5-7-19(16)27(31)32)15(2)25(14)20-12-18(26(29)30)8-9-21(20)33-3/h4-10,12-13H,11H2,1-3H3,(H,24,28). The van der Waals surface area contributed by atoms with E-state index in [-0.39, 0.29) is 23.4 Å². The Kier molecular flexibility index (Phi) is 6.82. The Morgan fingerprint density at radius 2 is 1.85 bits per heavy atom. The second kappa shape index (κ2) is 9.73. The second-order valence-electron chi connectivity index (χ2n) is 7.13. The highest BCUT2D eigenvalue weighted by Crippen LogP contribution is 2.31. The van der Waals surface area contributed by atoms with Crippen LogP contribution in [0.3, 0.4) is 0 Å². The van der Waals surface area contributed by atoms with Gasteiger partial charge in [-0.25, -0.2) is 5.43 Å². The molecule has 3 aromatic rings. The number of hydrogen-bond acceptors (Lipinski definition) is 7. The molecule has 0 atom stereocenters. The van der Waals surface area contributed by atoms with Crippen molar-refractivity contribution in [2.45, 2.75) is 20.3 Å². The number of ether oxygens (including phenoxy) is 1. The SMILES string of the molecule is COc1ccc([N+](=O)[O-])cc1-n1c(C)cc(C=NNC(=O)Cc2ccccc2[N+](=O)[O-])c1C. The predicted molar refractivity (Wildman–Crippen MR) is 121 cm³/mol. The summed E-state index contributed by atoms with van der Waals surface area (Å²) in [5.41, 5.74) is 5.13. The van der Waals surface area contributed by atoms with Gasteiger partial charge in [-0.2, -0.15) is 5.10 Å². The minimum Gasteiger partial charge on any atom is -0.495 e. The van der Waals surface area contributed by atoms with Crippen LogP contribution in [0.2, 0.25) is 0 Å². The number of nitrogens with zero attached hydrogens (tertiary/aromatic N) is 4. The quantitative estimate of drug-likeness (QED) is 0.315. The lowest BCUT2D eigenvalue weighted by Gasteiger charge is -2.13. The maximum Gasteiger partial charge on any atom is 0.273 e. The summed E-state index contributed by atoms with van der Waals surface area (Å²) in [6, 6.07) is 12.1. The van der Waals surface area contributed by atoms with Crippen LogP contribution in [0.15, 0.2) is 53.6 Å². The van der Waals surface area contributed by atoms with Crippen LogP contribution < -0.4 is 10.2 Å². The van der Waals surface area contributed by atoms with Crippen LogP contribution >= 0.6 is 0 Å². The molecule has 0 radical (unpaired) electrons. The average Bonchev–Trinajstić information content (AvgIpc) is 3.06. The van der Waals surface area contributed by atoms with E-state index in [2.05, 4.69) is 10.5 Å². The minimum absolute atomic E-state index is 0.0733. The van der Waals surface area contributed by atoms with Gasteiger partial charge >= 0.3 is 0 Å². The van der Waals surface area contributed by atoms with Crippen LogP contribution in [0, 0.1) is 34.1 Å². The first-order valence-corrected chi connectivity index (χ1v) is 9.79. The lowest BCUT2D eigenvalue weighted by Crippen LogP contribution is -2.20. The van der Waals surface area contributed by atoms with Gasteiger partial charge in [0.2, 0.25) is 5.91 Å². The Balaban J connectivity index is 1.81. The number of nitro groups is 2. The largest absolute Gasteiger partial charge is 0.495 e. The number of aryl methyl sites for hydroxylation is 1. The number of aromatic nitrogens is 1. The van der Waals surface area contributed by atoms with Crippen LogP contribution in [-0.2, 0) is 11.2 Å². The van der Waals surface area contributed by atoms with Gasteiger partial charge in [0.15, 0.2) is 0 Å². The first-order valence-electron chi connectivity index (χ1n) is 9.79. The van der Waals surface area contributed by atoms with Gasteiger partial charge in [0.25, 0.3) is 11.4 Å². The highest BCUT2D eigenvalue weighted by molar-refractivity contribution is 5.85. The zero-order valence-electron chi connectivity index (χ0n) is 18.1. The fourth-order valence-electron chi connectivity index (χ4n) is 3.48. The molecule has 11 heteroatoms. The first-order chi connectivity index (χ1) is 15.7. The number of nitro benzene ring substituents is 2. The molecule has 0 aliphatic carbocycles. The number of nitrogens with one attached hydrogen (secondary N) is 1. The van der Waals surface area contributed by atoms with Crippen LogP contribution in [0.1, 0.15) is 22.5 Å². The van der Waals surface area contributed by atoms with Crippen LogP contribution in [0.5, 0.6) is 5.75 Å². The summed E-state index contributed by atoms with van der Waals surface area (Å²) >= 11 is 0. The number of carbonyl (C=O) groups is 1. The monoisotopic (exact) mass is 451 g/mol. The number of non-ortho nitro benzene ring substituents is 1. The first kappa shape index (κ1) is 23.1. The third-order valence-electron chi connectivity index (χ3n) is 5.02. The fourth-order valence-corrected chi connectivity index (χ4v) is 3.48. The molecule has 1 heterocycles. The highest BCUT2D eigenvalue weighted by atomic mass is 16.6. The third-order valence-corrected chi connectivity index (χ3v) is 5.02. The maximum atomic E-state index is 12.2. The number of methoxy groups -OCH3 is 1. The molecule has 2 aromatic carbocycles. The Hall–Kier alpha value is -4.54. The number of para-hydroxylation sites is 1. The van der Waals surface area contributed by atoms with Gasteiger partial charge in [0.1, 0.15) is 5.75 Å². The summed E-state index contributed by atoms with van der Waals surface area (Å²) in [6.45, 7) is 3.64. The molecule has 0 fully saturated rings. The molecule has 0 saturated carbocycles. The minimum atomic E-state index is -0.539. The van der Waals surface area contributed by atoms with Gasteiger partial charge < -0.3 is 9.30 Å². The highest BCUT2D eigenvalue weighted by Gasteiger charge is 2.18. The molecule has 0 aliphatic rings. The van der Waals surface area contributed by atoms with Crippen LogP contribution in [0.25, 0.3) is 5.69 Å². The van der Waals surface area contributed by atoms with E-state index >= 15 is 0 Å². The number of carbonyl (C=O) groups excluding carboxylic acids is 1. The number of hydrazone groups is 1. The summed E-state index contributed by atoms with van der Waals surface area (Å²) in [4.78, 5) is 33.5. The van der Waals surface area contributed by atoms with Crippen molar-refractivity contribution in [3.05, 3.63) is 91.3 Å². The van der Waals surface area contributed by atoms with Gasteiger partial charge in [-0.15, -0.1) is 0 Å². The topological polar surface area (TPSA) is 142 Å². The van der Waals surface area contributed by atoms with Crippen LogP contribution in [0.4, 0.5) is 11.4 Å². The molecule has 0 aliphatic heterocycles. The van der Waals surface area contributed by atoms with E-state index < -0.39 is 15.8 Å². The molecule has 11 nitrogen and oxygen atoms in total. The van der Waals surface area contributed by atoms with E-state index in [9.17, 15) is 25.0 Å². The lowest BCUT2D eigenvalue weighted by molar-refractivity contribution is -0.385. The Bertz CT molecular complexity index is 1260. The van der Waals surface area contributed by atoms with Gasteiger partial charge in [0.05, 0.1) is 35.3 Å². The molecule has 1 N–H and O–H groups in total. The fraction of sp³-hybridized carbons (Fsp3) is 0.182. The third kappa shape index (κ3) is 5.03. The summed E-state index contributed by atoms with van der Waals surface area (Å²) < 4.78 is 7.16. The number of hydrogen-bond donors (Lipinski definition) is 1. The molecule has 170 valence electrons. The van der Waals surface area contributed by atoms with Crippen molar-refractivity contribution in [1.82, 2.24) is 9.99 Å². The van der Waals surface area contributed by atoms with Crippen molar-refractivity contribution in [2.75, 3.05) is 7.11 Å². The molecule has 0 spiro atoms. The second-order valence-corrected chi connectivity index (χ2v) is 7.13. The van der Waals surface area contributed by atoms with Crippen molar-refractivity contribution >= 4 is 23.5 Å². The van der Waals surface area contributed by atoms with Gasteiger partial charge in [0, 0.05) is 40.7 Å². The van der Waals surface area contributed by atoms with Crippen molar-refractivity contribution in [1.29, 1.82) is 0 Å². The van der Waals surface area contributed by atoms with E-state index in [0.717, 1.165) is 11.4 Å². The molecule has 33 heavy (non-hydrogen) atoms. The summed E-state index contributed by atoms with van der Waals surface area (Å²) in [5, 5.41) is 26.3. The van der Waals surface area contributed by atoms with Gasteiger partial charge in [-0.1, -0.05) is 18.2 Å². The van der Waals surface area contributed by atoms with E-state index in [1.807, 2.05) is 19.9 Å². The van der Waals surface area contributed by atoms with Crippen molar-refractivity contribution in [3.8, 4) is 11.4 Å². The molecule has 3 rings (SSSR count). The summed E-state index contributed by atoms with van der Waals surface area (Å²) in [7, 11) is 1.48. The maximum absolute atomic E-state index is 12.2. The lowest BCUT2D eigenvalue weighted by atomic mass is 10.1. The van der Waals surface area contributed by atoms with Crippen molar-refractivity contribution in [3.63, 3.8) is 0 Å². The average molecular weight is 451 g/mol. The van der Waals surface area contributed by atoms with E-state index in [1.165, 1.54) is 49.7 Å². The van der Waals surface area contributed by atoms with Crippen LogP contribution in [-0.4, -0.2) is 33.6 Å². The molecule has 1 amide bonds.